The molecular weight excluding hydrogens is 260 g/mol. The quantitative estimate of drug-likeness (QED) is 0.761. The summed E-state index contributed by atoms with van der Waals surface area (Å²) >= 11 is 1.50. The van der Waals surface area contributed by atoms with Crippen molar-refractivity contribution in [2.45, 2.75) is 0 Å². The zero-order chi connectivity index (χ0) is 13.2. The van der Waals surface area contributed by atoms with Crippen LogP contribution in [0.15, 0.2) is 48.5 Å². The Morgan fingerprint density at radius 2 is 1.95 bits per heavy atom. The second kappa shape index (κ2) is 4.70. The molecule has 0 spiro atoms. The molecule has 1 aromatic heterocycles. The second-order valence-corrected chi connectivity index (χ2v) is 5.03. The molecule has 0 unspecified atom stereocenters. The molecule has 94 valence electrons. The van der Waals surface area contributed by atoms with E-state index < -0.39 is 5.97 Å². The SMILES string of the molecule is O=C(O)c1ccc2sc(Nc3ccccc3)nc2c1. The average Bonchev–Trinajstić information content (AvgIpc) is 2.80. The van der Waals surface area contributed by atoms with Crippen LogP contribution in [0.25, 0.3) is 10.2 Å². The molecule has 0 saturated carbocycles. The highest BCUT2D eigenvalue weighted by atomic mass is 32.1. The molecule has 0 amide bonds. The summed E-state index contributed by atoms with van der Waals surface area (Å²) < 4.78 is 0.962. The molecule has 2 N–H and O–H groups in total. The van der Waals surface area contributed by atoms with E-state index in [1.54, 1.807) is 18.2 Å². The van der Waals surface area contributed by atoms with Crippen molar-refractivity contribution in [3.63, 3.8) is 0 Å². The molecule has 4 nitrogen and oxygen atoms in total. The highest BCUT2D eigenvalue weighted by Gasteiger charge is 2.08. The number of nitrogens with zero attached hydrogens (tertiary/aromatic N) is 1. The zero-order valence-electron chi connectivity index (χ0n) is 9.83. The number of aromatic nitrogens is 1. The van der Waals surface area contributed by atoms with Crippen molar-refractivity contribution in [2.75, 3.05) is 5.32 Å². The van der Waals surface area contributed by atoms with Crippen molar-refractivity contribution >= 4 is 38.3 Å². The number of fused-ring (bicyclic) bond motifs is 1. The van der Waals surface area contributed by atoms with E-state index in [0.717, 1.165) is 15.5 Å². The van der Waals surface area contributed by atoms with Gasteiger partial charge >= 0.3 is 5.97 Å². The summed E-state index contributed by atoms with van der Waals surface area (Å²) in [4.78, 5) is 15.3. The van der Waals surface area contributed by atoms with Gasteiger partial charge in [-0.25, -0.2) is 9.78 Å². The first-order valence-electron chi connectivity index (χ1n) is 5.68. The lowest BCUT2D eigenvalue weighted by Gasteiger charge is -1.99. The number of carbonyl (C=O) groups is 1. The van der Waals surface area contributed by atoms with E-state index in [2.05, 4.69) is 10.3 Å². The molecule has 0 aliphatic rings. The van der Waals surface area contributed by atoms with E-state index in [-0.39, 0.29) is 5.56 Å². The Morgan fingerprint density at radius 3 is 2.68 bits per heavy atom. The number of aromatic carboxylic acids is 1. The van der Waals surface area contributed by atoms with Crippen LogP contribution < -0.4 is 5.32 Å². The number of benzene rings is 2. The minimum Gasteiger partial charge on any atom is -0.478 e. The maximum Gasteiger partial charge on any atom is 0.335 e. The van der Waals surface area contributed by atoms with Crippen LogP contribution >= 0.6 is 11.3 Å². The van der Waals surface area contributed by atoms with Crippen molar-refractivity contribution in [1.29, 1.82) is 0 Å². The minimum atomic E-state index is -0.938. The van der Waals surface area contributed by atoms with E-state index in [0.29, 0.717) is 5.52 Å². The standard InChI is InChI=1S/C14H10N2O2S/c17-13(18)9-6-7-12-11(8-9)16-14(19-12)15-10-4-2-1-3-5-10/h1-8H,(H,15,16)(H,17,18). The van der Waals surface area contributed by atoms with Crippen LogP contribution in [0.4, 0.5) is 10.8 Å². The van der Waals surface area contributed by atoms with Crippen LogP contribution in [0.5, 0.6) is 0 Å². The summed E-state index contributed by atoms with van der Waals surface area (Å²) in [7, 11) is 0. The molecule has 0 saturated heterocycles. The number of thiazole rings is 1. The highest BCUT2D eigenvalue weighted by Crippen LogP contribution is 2.28. The van der Waals surface area contributed by atoms with Gasteiger partial charge in [0.15, 0.2) is 5.13 Å². The first-order chi connectivity index (χ1) is 9.22. The van der Waals surface area contributed by atoms with Gasteiger partial charge in [-0.15, -0.1) is 0 Å². The fourth-order valence-corrected chi connectivity index (χ4v) is 2.63. The van der Waals surface area contributed by atoms with Crippen LogP contribution in [0, 0.1) is 0 Å². The molecule has 5 heteroatoms. The van der Waals surface area contributed by atoms with Crippen molar-refractivity contribution in [3.8, 4) is 0 Å². The van der Waals surface area contributed by atoms with Crippen molar-refractivity contribution < 1.29 is 9.90 Å². The first-order valence-corrected chi connectivity index (χ1v) is 6.50. The molecule has 0 aliphatic heterocycles. The first kappa shape index (κ1) is 11.7. The maximum atomic E-state index is 10.9. The Hall–Kier alpha value is -2.40. The normalized spacial score (nSPS) is 10.5. The van der Waals surface area contributed by atoms with Gasteiger partial charge in [0.05, 0.1) is 15.8 Å². The van der Waals surface area contributed by atoms with E-state index in [9.17, 15) is 4.79 Å². The molecule has 0 fully saturated rings. The Kier molecular flexibility index (Phi) is 2.89. The van der Waals surface area contributed by atoms with Crippen molar-refractivity contribution in [2.24, 2.45) is 0 Å². The smallest absolute Gasteiger partial charge is 0.335 e. The summed E-state index contributed by atoms with van der Waals surface area (Å²) in [6, 6.07) is 14.7. The third-order valence-corrected chi connectivity index (χ3v) is 3.61. The molecule has 3 aromatic rings. The van der Waals surface area contributed by atoms with Gasteiger partial charge in [0.1, 0.15) is 0 Å². The molecule has 2 aromatic carbocycles. The fraction of sp³-hybridized carbons (Fsp3) is 0. The van der Waals surface area contributed by atoms with Gasteiger partial charge in [0, 0.05) is 5.69 Å². The molecule has 0 atom stereocenters. The lowest BCUT2D eigenvalue weighted by atomic mass is 10.2. The van der Waals surface area contributed by atoms with Gasteiger partial charge in [0.2, 0.25) is 0 Å². The summed E-state index contributed by atoms with van der Waals surface area (Å²) in [5.74, 6) is -0.938. The molecule has 0 radical (unpaired) electrons. The Labute approximate surface area is 113 Å². The van der Waals surface area contributed by atoms with Gasteiger partial charge in [-0.2, -0.15) is 0 Å². The summed E-state index contributed by atoms with van der Waals surface area (Å²) in [6.07, 6.45) is 0. The summed E-state index contributed by atoms with van der Waals surface area (Å²) in [5, 5.41) is 12.9. The number of rotatable bonds is 3. The number of nitrogens with one attached hydrogen (secondary N) is 1. The second-order valence-electron chi connectivity index (χ2n) is 4.00. The van der Waals surface area contributed by atoms with Gasteiger partial charge < -0.3 is 10.4 Å². The van der Waals surface area contributed by atoms with Gasteiger partial charge in [-0.05, 0) is 30.3 Å². The van der Waals surface area contributed by atoms with Crippen LogP contribution in [0.2, 0.25) is 0 Å². The van der Waals surface area contributed by atoms with Crippen molar-refractivity contribution in [1.82, 2.24) is 4.98 Å². The summed E-state index contributed by atoms with van der Waals surface area (Å²) in [5.41, 5.74) is 1.91. The molecule has 0 bridgehead atoms. The number of carboxylic acid groups (broad SMARTS) is 1. The average molecular weight is 270 g/mol. The monoisotopic (exact) mass is 270 g/mol. The van der Waals surface area contributed by atoms with E-state index in [1.807, 2.05) is 30.3 Å². The topological polar surface area (TPSA) is 62.2 Å². The Balaban J connectivity index is 1.95. The van der Waals surface area contributed by atoms with E-state index >= 15 is 0 Å². The van der Waals surface area contributed by atoms with Gasteiger partial charge in [-0.1, -0.05) is 29.5 Å². The number of para-hydroxylation sites is 1. The molecular formula is C14H10N2O2S. The highest BCUT2D eigenvalue weighted by molar-refractivity contribution is 7.22. The summed E-state index contributed by atoms with van der Waals surface area (Å²) in [6.45, 7) is 0. The predicted octanol–water partition coefficient (Wildman–Crippen LogP) is 3.74. The van der Waals surface area contributed by atoms with E-state index in [4.69, 9.17) is 5.11 Å². The fourth-order valence-electron chi connectivity index (χ4n) is 1.76. The number of hydrogen-bond acceptors (Lipinski definition) is 4. The lowest BCUT2D eigenvalue weighted by molar-refractivity contribution is 0.0697. The molecule has 0 aliphatic carbocycles. The molecule has 1 heterocycles. The Bertz CT molecular complexity index is 738. The number of carboxylic acids is 1. The van der Waals surface area contributed by atoms with Crippen LogP contribution in [0.3, 0.4) is 0 Å². The third-order valence-electron chi connectivity index (χ3n) is 2.66. The zero-order valence-corrected chi connectivity index (χ0v) is 10.6. The van der Waals surface area contributed by atoms with Crippen LogP contribution in [-0.2, 0) is 0 Å². The third kappa shape index (κ3) is 2.41. The largest absolute Gasteiger partial charge is 0.478 e. The van der Waals surface area contributed by atoms with Crippen molar-refractivity contribution in [3.05, 3.63) is 54.1 Å². The number of anilines is 2. The molecule has 19 heavy (non-hydrogen) atoms. The van der Waals surface area contributed by atoms with Gasteiger partial charge in [0.25, 0.3) is 0 Å². The molecule has 3 rings (SSSR count). The predicted molar refractivity (Wildman–Crippen MR) is 76.3 cm³/mol. The van der Waals surface area contributed by atoms with E-state index in [1.165, 1.54) is 11.3 Å². The minimum absolute atomic E-state index is 0.254. The van der Waals surface area contributed by atoms with Gasteiger partial charge in [-0.3, -0.25) is 0 Å². The number of hydrogen-bond donors (Lipinski definition) is 2. The maximum absolute atomic E-state index is 10.9. The lowest BCUT2D eigenvalue weighted by Crippen LogP contribution is -1.94. The van der Waals surface area contributed by atoms with Crippen LogP contribution in [-0.4, -0.2) is 16.1 Å². The van der Waals surface area contributed by atoms with Crippen LogP contribution in [0.1, 0.15) is 10.4 Å². The Morgan fingerprint density at radius 1 is 1.16 bits per heavy atom.